The average molecular weight is 403 g/mol. The van der Waals surface area contributed by atoms with Crippen molar-refractivity contribution in [2.24, 2.45) is 0 Å². The second kappa shape index (κ2) is 9.96. The molecule has 0 aliphatic heterocycles. The van der Waals surface area contributed by atoms with Gasteiger partial charge in [0.15, 0.2) is 5.16 Å². The van der Waals surface area contributed by atoms with Crippen LogP contribution in [-0.2, 0) is 17.8 Å². The zero-order valence-corrected chi connectivity index (χ0v) is 17.9. The Balaban J connectivity index is 1.60. The standard InChI is InChI=1S/C21H30N4O2S/c1-4-25-19(14-16-10-12-18(27-3)13-11-16)22-23-21(25)28-15-20(26)24(2)17-8-6-5-7-9-17/h10-13,17H,4-9,14-15H2,1-3H3. The van der Waals surface area contributed by atoms with E-state index in [1.807, 2.05) is 36.2 Å². The van der Waals surface area contributed by atoms with Gasteiger partial charge in [0.1, 0.15) is 11.6 Å². The molecule has 1 aliphatic rings. The van der Waals surface area contributed by atoms with Gasteiger partial charge in [-0.05, 0) is 37.5 Å². The molecular formula is C21H30N4O2S. The van der Waals surface area contributed by atoms with E-state index in [0.29, 0.717) is 18.2 Å². The van der Waals surface area contributed by atoms with E-state index in [9.17, 15) is 4.79 Å². The third-order valence-corrected chi connectivity index (χ3v) is 6.42. The summed E-state index contributed by atoms with van der Waals surface area (Å²) in [4.78, 5) is 14.6. The molecule has 28 heavy (non-hydrogen) atoms. The molecule has 0 bridgehead atoms. The summed E-state index contributed by atoms with van der Waals surface area (Å²) in [7, 11) is 3.61. The molecule has 3 rings (SSSR count). The van der Waals surface area contributed by atoms with E-state index in [-0.39, 0.29) is 5.91 Å². The van der Waals surface area contributed by atoms with E-state index in [2.05, 4.69) is 21.7 Å². The van der Waals surface area contributed by atoms with Gasteiger partial charge in [-0.15, -0.1) is 10.2 Å². The number of amides is 1. The largest absolute Gasteiger partial charge is 0.497 e. The van der Waals surface area contributed by atoms with Crippen LogP contribution in [0.2, 0.25) is 0 Å². The van der Waals surface area contributed by atoms with Gasteiger partial charge in [-0.1, -0.05) is 43.2 Å². The van der Waals surface area contributed by atoms with Crippen LogP contribution in [0, 0.1) is 0 Å². The lowest BCUT2D eigenvalue weighted by Gasteiger charge is -2.31. The molecule has 1 aliphatic carbocycles. The quantitative estimate of drug-likeness (QED) is 0.629. The second-order valence-corrected chi connectivity index (χ2v) is 8.20. The number of carbonyl (C=O) groups excluding carboxylic acids is 1. The van der Waals surface area contributed by atoms with Gasteiger partial charge in [0.25, 0.3) is 0 Å². The highest BCUT2D eigenvalue weighted by atomic mass is 32.2. The number of carbonyl (C=O) groups is 1. The third kappa shape index (κ3) is 5.07. The Morgan fingerprint density at radius 1 is 1.21 bits per heavy atom. The summed E-state index contributed by atoms with van der Waals surface area (Å²) in [5, 5.41) is 9.53. The summed E-state index contributed by atoms with van der Waals surface area (Å²) in [6.07, 6.45) is 6.72. The molecular weight excluding hydrogens is 372 g/mol. The molecule has 1 aromatic heterocycles. The lowest BCUT2D eigenvalue weighted by atomic mass is 9.94. The minimum absolute atomic E-state index is 0.180. The van der Waals surface area contributed by atoms with Gasteiger partial charge in [0, 0.05) is 26.1 Å². The van der Waals surface area contributed by atoms with Crippen LogP contribution in [0.5, 0.6) is 5.75 Å². The van der Waals surface area contributed by atoms with Crippen LogP contribution in [0.15, 0.2) is 29.4 Å². The van der Waals surface area contributed by atoms with Crippen molar-refractivity contribution in [3.8, 4) is 5.75 Å². The summed E-state index contributed by atoms with van der Waals surface area (Å²) in [5.74, 6) is 2.35. The zero-order chi connectivity index (χ0) is 19.9. The fraction of sp³-hybridized carbons (Fsp3) is 0.571. The molecule has 0 saturated heterocycles. The number of hydrogen-bond acceptors (Lipinski definition) is 5. The molecule has 0 radical (unpaired) electrons. The Hall–Kier alpha value is -2.02. The van der Waals surface area contributed by atoms with Crippen LogP contribution in [0.4, 0.5) is 0 Å². The number of hydrogen-bond donors (Lipinski definition) is 0. The first-order valence-electron chi connectivity index (χ1n) is 10.1. The Bertz CT molecular complexity index is 769. The van der Waals surface area contributed by atoms with Crippen molar-refractivity contribution in [3.05, 3.63) is 35.7 Å². The molecule has 7 heteroatoms. The molecule has 152 valence electrons. The van der Waals surface area contributed by atoms with Crippen LogP contribution >= 0.6 is 11.8 Å². The molecule has 0 N–H and O–H groups in total. The van der Waals surface area contributed by atoms with Gasteiger partial charge in [-0.25, -0.2) is 0 Å². The Morgan fingerprint density at radius 2 is 1.93 bits per heavy atom. The first-order chi connectivity index (χ1) is 13.6. The van der Waals surface area contributed by atoms with E-state index < -0.39 is 0 Å². The molecule has 6 nitrogen and oxygen atoms in total. The lowest BCUT2D eigenvalue weighted by molar-refractivity contribution is -0.129. The van der Waals surface area contributed by atoms with Crippen molar-refractivity contribution in [3.63, 3.8) is 0 Å². The topological polar surface area (TPSA) is 60.2 Å². The van der Waals surface area contributed by atoms with E-state index in [1.165, 1.54) is 31.0 Å². The van der Waals surface area contributed by atoms with Crippen LogP contribution in [0.1, 0.15) is 50.4 Å². The SMILES string of the molecule is CCn1c(Cc2ccc(OC)cc2)nnc1SCC(=O)N(C)C1CCCCC1. The first-order valence-corrected chi connectivity index (χ1v) is 11.0. The van der Waals surface area contributed by atoms with Crippen molar-refractivity contribution < 1.29 is 9.53 Å². The molecule has 0 atom stereocenters. The van der Waals surface area contributed by atoms with Gasteiger partial charge in [-0.3, -0.25) is 4.79 Å². The summed E-state index contributed by atoms with van der Waals surface area (Å²) >= 11 is 1.49. The van der Waals surface area contributed by atoms with E-state index in [1.54, 1.807) is 7.11 Å². The van der Waals surface area contributed by atoms with Gasteiger partial charge >= 0.3 is 0 Å². The summed E-state index contributed by atoms with van der Waals surface area (Å²) in [5.41, 5.74) is 1.16. The van der Waals surface area contributed by atoms with E-state index >= 15 is 0 Å². The number of thioether (sulfide) groups is 1. The smallest absolute Gasteiger partial charge is 0.233 e. The monoisotopic (exact) mass is 402 g/mol. The fourth-order valence-electron chi connectivity index (χ4n) is 3.70. The number of aromatic nitrogens is 3. The van der Waals surface area contributed by atoms with E-state index in [4.69, 9.17) is 4.74 Å². The average Bonchev–Trinajstić information content (AvgIpc) is 3.14. The highest BCUT2D eigenvalue weighted by molar-refractivity contribution is 7.99. The molecule has 1 aromatic carbocycles. The van der Waals surface area contributed by atoms with Crippen molar-refractivity contribution >= 4 is 17.7 Å². The number of benzene rings is 1. The predicted molar refractivity (Wildman–Crippen MR) is 112 cm³/mol. The molecule has 1 heterocycles. The van der Waals surface area contributed by atoms with E-state index in [0.717, 1.165) is 41.7 Å². The molecule has 2 aromatic rings. The van der Waals surface area contributed by atoms with Crippen LogP contribution in [0.25, 0.3) is 0 Å². The van der Waals surface area contributed by atoms with Crippen molar-refractivity contribution in [1.29, 1.82) is 0 Å². The highest BCUT2D eigenvalue weighted by Crippen LogP contribution is 2.24. The molecule has 0 spiro atoms. The molecule has 1 fully saturated rings. The minimum atomic E-state index is 0.180. The third-order valence-electron chi connectivity index (χ3n) is 5.47. The summed E-state index contributed by atoms with van der Waals surface area (Å²) < 4.78 is 7.31. The van der Waals surface area contributed by atoms with Gasteiger partial charge in [0.2, 0.25) is 5.91 Å². The van der Waals surface area contributed by atoms with Crippen LogP contribution < -0.4 is 4.74 Å². The first kappa shape index (κ1) is 20.7. The maximum Gasteiger partial charge on any atom is 0.233 e. The van der Waals surface area contributed by atoms with Crippen molar-refractivity contribution in [1.82, 2.24) is 19.7 Å². The zero-order valence-electron chi connectivity index (χ0n) is 17.1. The second-order valence-electron chi connectivity index (χ2n) is 7.25. The fourth-order valence-corrected chi connectivity index (χ4v) is 4.65. The number of methoxy groups -OCH3 is 1. The maximum atomic E-state index is 12.6. The summed E-state index contributed by atoms with van der Waals surface area (Å²) in [6.45, 7) is 2.87. The Morgan fingerprint density at radius 3 is 2.57 bits per heavy atom. The molecule has 1 saturated carbocycles. The van der Waals surface area contributed by atoms with Gasteiger partial charge in [-0.2, -0.15) is 0 Å². The number of ether oxygens (including phenoxy) is 1. The van der Waals surface area contributed by atoms with Gasteiger partial charge in [0.05, 0.1) is 12.9 Å². The normalized spacial score (nSPS) is 14.8. The van der Waals surface area contributed by atoms with Crippen molar-refractivity contribution in [2.75, 3.05) is 19.9 Å². The molecule has 1 amide bonds. The van der Waals surface area contributed by atoms with Crippen LogP contribution in [0.3, 0.4) is 0 Å². The molecule has 0 unspecified atom stereocenters. The van der Waals surface area contributed by atoms with Crippen LogP contribution in [-0.4, -0.2) is 51.5 Å². The Kier molecular flexibility index (Phi) is 7.36. The maximum absolute atomic E-state index is 12.6. The number of nitrogens with zero attached hydrogens (tertiary/aromatic N) is 4. The minimum Gasteiger partial charge on any atom is -0.497 e. The van der Waals surface area contributed by atoms with Gasteiger partial charge < -0.3 is 14.2 Å². The highest BCUT2D eigenvalue weighted by Gasteiger charge is 2.23. The number of rotatable bonds is 8. The van der Waals surface area contributed by atoms with Crippen molar-refractivity contribution in [2.45, 2.75) is 63.2 Å². The Labute approximate surface area is 171 Å². The lowest BCUT2D eigenvalue weighted by Crippen LogP contribution is -2.39. The summed E-state index contributed by atoms with van der Waals surface area (Å²) in [6, 6.07) is 8.40. The predicted octanol–water partition coefficient (Wildman–Crippen LogP) is 3.78.